The summed E-state index contributed by atoms with van der Waals surface area (Å²) in [6.45, 7) is 9.06. The highest BCUT2D eigenvalue weighted by atomic mass is 35.5. The third-order valence-electron chi connectivity index (χ3n) is 7.44. The molecule has 0 aliphatic rings. The van der Waals surface area contributed by atoms with Crippen LogP contribution in [0.5, 0.6) is 11.5 Å². The summed E-state index contributed by atoms with van der Waals surface area (Å²) in [6.07, 6.45) is 1.65. The molecule has 0 fully saturated rings. The van der Waals surface area contributed by atoms with Crippen molar-refractivity contribution in [3.05, 3.63) is 116 Å². The van der Waals surface area contributed by atoms with Crippen LogP contribution in [0.4, 0.5) is 5.69 Å². The number of para-hydroxylation sites is 1. The van der Waals surface area contributed by atoms with E-state index in [2.05, 4.69) is 19.9 Å². The van der Waals surface area contributed by atoms with Crippen molar-refractivity contribution in [1.29, 1.82) is 0 Å². The molecule has 0 amide bonds. The monoisotopic (exact) mass is 608 g/mol. The summed E-state index contributed by atoms with van der Waals surface area (Å²) in [5, 5.41) is 5.87. The molecule has 1 aromatic heterocycles. The average molecular weight is 609 g/mol. The molecule has 226 valence electrons. The average Bonchev–Trinajstić information content (AvgIpc) is 3.00. The molecule has 0 bridgehead atoms. The second-order valence-corrected chi connectivity index (χ2v) is 11.5. The number of benzene rings is 4. The minimum absolute atomic E-state index is 0.202. The summed E-state index contributed by atoms with van der Waals surface area (Å²) in [5.41, 5.74) is 5.68. The quantitative estimate of drug-likeness (QED) is 0.150. The highest BCUT2D eigenvalue weighted by Gasteiger charge is 2.19. The molecule has 0 spiro atoms. The van der Waals surface area contributed by atoms with Crippen LogP contribution < -0.4 is 19.9 Å². The van der Waals surface area contributed by atoms with Crippen LogP contribution >= 0.6 is 11.6 Å². The van der Waals surface area contributed by atoms with E-state index in [-0.39, 0.29) is 18.1 Å². The van der Waals surface area contributed by atoms with Crippen LogP contribution in [0.1, 0.15) is 48.9 Å². The summed E-state index contributed by atoms with van der Waals surface area (Å²) >= 11 is 6.40. The van der Waals surface area contributed by atoms with Crippen molar-refractivity contribution in [2.45, 2.75) is 40.2 Å². The summed E-state index contributed by atoms with van der Waals surface area (Å²) in [4.78, 5) is 20.9. The molecule has 0 atom stereocenters. The minimum atomic E-state index is -0.260. The molecule has 1 heterocycles. The van der Waals surface area contributed by atoms with E-state index in [1.54, 1.807) is 12.3 Å². The number of aromatic nitrogens is 2. The maximum Gasteiger partial charge on any atom is 0.282 e. The number of aryl methyl sites for hydroxylation is 1. The number of anilines is 1. The first-order valence-electron chi connectivity index (χ1n) is 14.7. The summed E-state index contributed by atoms with van der Waals surface area (Å²) in [6, 6.07) is 24.9. The first-order chi connectivity index (χ1) is 21.2. The van der Waals surface area contributed by atoms with E-state index in [1.807, 2.05) is 99.6 Å². The number of halogens is 1. The van der Waals surface area contributed by atoms with E-state index >= 15 is 0 Å². The van der Waals surface area contributed by atoms with E-state index < -0.39 is 0 Å². The topological polar surface area (TPSA) is 69.0 Å². The Kier molecular flexibility index (Phi) is 9.35. The maximum absolute atomic E-state index is 14.0. The smallest absolute Gasteiger partial charge is 0.282 e. The van der Waals surface area contributed by atoms with Gasteiger partial charge >= 0.3 is 0 Å². The van der Waals surface area contributed by atoms with Crippen molar-refractivity contribution in [3.63, 3.8) is 0 Å². The largest absolute Gasteiger partial charge is 0.494 e. The van der Waals surface area contributed by atoms with E-state index in [0.717, 1.165) is 33.7 Å². The van der Waals surface area contributed by atoms with Gasteiger partial charge in [-0.15, -0.1) is 0 Å². The van der Waals surface area contributed by atoms with Gasteiger partial charge in [-0.05, 0) is 73.4 Å². The van der Waals surface area contributed by atoms with E-state index in [0.29, 0.717) is 39.7 Å². The van der Waals surface area contributed by atoms with Gasteiger partial charge in [-0.25, -0.2) is 4.98 Å². The number of ether oxygens (including phenoxy) is 2. The Bertz CT molecular complexity index is 1900. The van der Waals surface area contributed by atoms with Gasteiger partial charge in [0.25, 0.3) is 5.56 Å². The van der Waals surface area contributed by atoms with Gasteiger partial charge in [-0.1, -0.05) is 55.8 Å². The number of rotatable bonds is 10. The summed E-state index contributed by atoms with van der Waals surface area (Å²) in [7, 11) is 3.94. The zero-order valence-electron chi connectivity index (χ0n) is 26.0. The van der Waals surface area contributed by atoms with Gasteiger partial charge in [-0.3, -0.25) is 4.79 Å². The molecule has 0 saturated carbocycles. The zero-order chi connectivity index (χ0) is 31.4. The molecule has 5 rings (SSSR count). The Morgan fingerprint density at radius 1 is 0.977 bits per heavy atom. The summed E-state index contributed by atoms with van der Waals surface area (Å²) in [5.74, 6) is 2.11. The Morgan fingerprint density at radius 2 is 1.73 bits per heavy atom. The van der Waals surface area contributed by atoms with Crippen molar-refractivity contribution < 1.29 is 9.47 Å². The third-order valence-corrected chi connectivity index (χ3v) is 7.81. The molecule has 0 saturated heterocycles. The lowest BCUT2D eigenvalue weighted by atomic mass is 9.96. The molecule has 0 unspecified atom stereocenters. The minimum Gasteiger partial charge on any atom is -0.494 e. The van der Waals surface area contributed by atoms with Crippen LogP contribution in [-0.4, -0.2) is 36.6 Å². The van der Waals surface area contributed by atoms with Crippen LogP contribution in [0.25, 0.3) is 22.3 Å². The molecule has 4 aromatic carbocycles. The van der Waals surface area contributed by atoms with E-state index in [1.165, 1.54) is 4.68 Å². The first-order valence-corrected chi connectivity index (χ1v) is 15.1. The predicted molar refractivity (Wildman–Crippen MR) is 181 cm³/mol. The van der Waals surface area contributed by atoms with Gasteiger partial charge < -0.3 is 14.4 Å². The number of hydrogen-bond donors (Lipinski definition) is 0. The van der Waals surface area contributed by atoms with Gasteiger partial charge in [0.05, 0.1) is 23.7 Å². The van der Waals surface area contributed by atoms with Crippen LogP contribution in [0.2, 0.25) is 5.02 Å². The number of nitrogens with zero attached hydrogens (tertiary/aromatic N) is 4. The molecule has 0 aliphatic carbocycles. The fourth-order valence-electron chi connectivity index (χ4n) is 5.00. The molecule has 0 N–H and O–H groups in total. The normalized spacial score (nSPS) is 11.5. The van der Waals surface area contributed by atoms with E-state index in [4.69, 9.17) is 31.2 Å². The lowest BCUT2D eigenvalue weighted by Gasteiger charge is -2.18. The van der Waals surface area contributed by atoms with Crippen molar-refractivity contribution in [1.82, 2.24) is 9.66 Å². The Hall–Kier alpha value is -4.62. The second kappa shape index (κ2) is 13.3. The number of hydrogen-bond acceptors (Lipinski definition) is 6. The molecule has 44 heavy (non-hydrogen) atoms. The first kappa shape index (κ1) is 30.8. The van der Waals surface area contributed by atoms with Crippen molar-refractivity contribution in [2.24, 2.45) is 5.10 Å². The summed E-state index contributed by atoms with van der Waals surface area (Å²) < 4.78 is 13.6. The molecular weight excluding hydrogens is 572 g/mol. The van der Waals surface area contributed by atoms with Crippen LogP contribution in [-0.2, 0) is 6.61 Å². The van der Waals surface area contributed by atoms with Crippen LogP contribution in [0.3, 0.4) is 0 Å². The maximum atomic E-state index is 14.0. The molecule has 5 aromatic rings. The molecular formula is C36H37ClN4O3. The van der Waals surface area contributed by atoms with E-state index in [9.17, 15) is 4.79 Å². The zero-order valence-corrected chi connectivity index (χ0v) is 26.7. The van der Waals surface area contributed by atoms with Gasteiger partial charge in [-0.2, -0.15) is 9.78 Å². The fraction of sp³-hybridized carbons (Fsp3) is 0.250. The van der Waals surface area contributed by atoms with Crippen molar-refractivity contribution in [2.75, 3.05) is 25.6 Å². The van der Waals surface area contributed by atoms with Crippen LogP contribution in [0.15, 0.2) is 88.8 Å². The second-order valence-electron chi connectivity index (χ2n) is 11.1. The van der Waals surface area contributed by atoms with Gasteiger partial charge in [0.2, 0.25) is 0 Å². The highest BCUT2D eigenvalue weighted by Crippen LogP contribution is 2.34. The molecule has 0 aliphatic heterocycles. The Labute approximate surface area is 263 Å². The molecule has 7 nitrogen and oxygen atoms in total. The Morgan fingerprint density at radius 3 is 2.45 bits per heavy atom. The van der Waals surface area contributed by atoms with Gasteiger partial charge in [0, 0.05) is 47.6 Å². The predicted octanol–water partition coefficient (Wildman–Crippen LogP) is 8.07. The van der Waals surface area contributed by atoms with Crippen molar-refractivity contribution >= 4 is 34.4 Å². The molecule has 8 heteroatoms. The van der Waals surface area contributed by atoms with Crippen LogP contribution in [0, 0.1) is 6.92 Å². The Balaban J connectivity index is 1.65. The highest BCUT2D eigenvalue weighted by molar-refractivity contribution is 6.31. The third kappa shape index (κ3) is 6.48. The van der Waals surface area contributed by atoms with Gasteiger partial charge in [0.1, 0.15) is 18.1 Å². The lowest BCUT2D eigenvalue weighted by Crippen LogP contribution is -2.21. The standard InChI is InChI=1S/C36H37ClN4O3/c1-7-43-34-18-24(4)30(20-29(34)23(2)3)35-39-32-15-11-9-13-28(32)36(42)41(35)38-21-25-16-17-27(40(5)6)19-33(25)44-22-26-12-8-10-14-31(26)37/h8-21,23H,7,22H2,1-6H3. The fourth-order valence-corrected chi connectivity index (χ4v) is 5.19. The molecule has 0 radical (unpaired) electrons. The lowest BCUT2D eigenvalue weighted by molar-refractivity contribution is 0.306. The number of fused-ring (bicyclic) bond motifs is 1. The van der Waals surface area contributed by atoms with Gasteiger partial charge in [0.15, 0.2) is 5.82 Å². The van der Waals surface area contributed by atoms with Crippen molar-refractivity contribution in [3.8, 4) is 22.9 Å². The SMILES string of the molecule is CCOc1cc(C)c(-c2nc3ccccc3c(=O)n2N=Cc2ccc(N(C)C)cc2OCc2ccccc2Cl)cc1C(C)C.